The van der Waals surface area contributed by atoms with E-state index in [0.717, 1.165) is 5.75 Å². The van der Waals surface area contributed by atoms with Gasteiger partial charge in [-0.05, 0) is 0 Å². The molecule has 1 radical (unpaired) electrons. The second-order valence-corrected chi connectivity index (χ2v) is 15.0. The van der Waals surface area contributed by atoms with E-state index >= 15 is 0 Å². The van der Waals surface area contributed by atoms with Gasteiger partial charge in [-0.3, -0.25) is 0 Å². The van der Waals surface area contributed by atoms with Crippen LogP contribution in [0, 0.1) is 0 Å². The topological polar surface area (TPSA) is 0 Å². The first-order chi connectivity index (χ1) is 10.9. The van der Waals surface area contributed by atoms with Gasteiger partial charge >= 0.3 is 123 Å². The molecule has 0 nitrogen and oxygen atoms in total. The fraction of sp³-hybridized carbons (Fsp3) is 0.100. The summed E-state index contributed by atoms with van der Waals surface area (Å²) in [5, 5.41) is 0. The van der Waals surface area contributed by atoms with Crippen LogP contribution in [0.3, 0.4) is 0 Å². The molecule has 0 heterocycles. The van der Waals surface area contributed by atoms with Crippen molar-refractivity contribution in [1.29, 1.82) is 0 Å². The van der Waals surface area contributed by atoms with Gasteiger partial charge in [0.05, 0.1) is 0 Å². The van der Waals surface area contributed by atoms with Crippen molar-refractivity contribution < 1.29 is 0 Å². The molecule has 3 aromatic rings. The van der Waals surface area contributed by atoms with Crippen LogP contribution in [0.25, 0.3) is 0 Å². The molecule has 0 fully saturated rings. The van der Waals surface area contributed by atoms with Crippen molar-refractivity contribution in [3.63, 3.8) is 0 Å². The van der Waals surface area contributed by atoms with E-state index in [1.165, 1.54) is 0 Å². The molecule has 22 heavy (non-hydrogen) atoms. The van der Waals surface area contributed by atoms with E-state index in [1.807, 2.05) is 6.92 Å². The third-order valence-corrected chi connectivity index (χ3v) is 13.8. The van der Waals surface area contributed by atoms with Gasteiger partial charge in [-0.15, -0.1) is 0 Å². The first-order valence-electron chi connectivity index (χ1n) is 7.48. The van der Waals surface area contributed by atoms with E-state index in [1.54, 1.807) is 9.37 Å². The van der Waals surface area contributed by atoms with Crippen molar-refractivity contribution in [2.45, 2.75) is 6.92 Å². The Bertz CT molecular complexity index is 544. The Morgan fingerprint density at radius 1 is 0.591 bits per heavy atom. The Morgan fingerprint density at radius 3 is 1.05 bits per heavy atom. The zero-order chi connectivity index (χ0) is 15.6. The Morgan fingerprint density at radius 2 is 0.818 bits per heavy atom. The fourth-order valence-corrected chi connectivity index (χ4v) is 12.3. The van der Waals surface area contributed by atoms with Crippen LogP contribution >= 0.6 is 0 Å². The molecule has 0 unspecified atom stereocenters. The summed E-state index contributed by atoms with van der Waals surface area (Å²) < 4.78 is 4.64. The number of rotatable bonds is 3. The van der Waals surface area contributed by atoms with Gasteiger partial charge < -0.3 is 12.6 Å². The third-order valence-electron chi connectivity index (χ3n) is 3.19. The van der Waals surface area contributed by atoms with E-state index < -0.39 is 22.7 Å². The summed E-state index contributed by atoms with van der Waals surface area (Å²) in [6, 6.07) is 33.0. The summed E-state index contributed by atoms with van der Waals surface area (Å²) in [5.41, 5.74) is 0. The van der Waals surface area contributed by atoms with Gasteiger partial charge in [-0.1, -0.05) is 6.92 Å². The van der Waals surface area contributed by atoms with Crippen molar-refractivity contribution >= 4 is 44.7 Å². The maximum atomic E-state index is 4.39. The van der Waals surface area contributed by atoms with Gasteiger partial charge in [0.15, 0.2) is 0 Å². The van der Waals surface area contributed by atoms with E-state index in [9.17, 15) is 0 Å². The average molecular weight is 500 g/mol. The Labute approximate surface area is 147 Å². The molecule has 3 aromatic carbocycles. The van der Waals surface area contributed by atoms with E-state index in [2.05, 4.69) is 104 Å². The van der Waals surface area contributed by atoms with E-state index in [4.69, 9.17) is 0 Å². The van der Waals surface area contributed by atoms with Crippen LogP contribution in [0.4, 0.5) is 0 Å². The predicted octanol–water partition coefficient (Wildman–Crippen LogP) is 2.76. The molecule has 0 aromatic heterocycles. The standard InChI is InChI=1S/3C6H5.C2H6S.Pb/c3*1-2-4-6-5-3-1;1-2-3;/h3*1-5H;3H,2H2,1H3;/p-1. The third kappa shape index (κ3) is 4.99. The van der Waals surface area contributed by atoms with Crippen molar-refractivity contribution in [3.05, 3.63) is 91.0 Å². The number of hydrogen-bond acceptors (Lipinski definition) is 1. The maximum absolute atomic E-state index is 4.39. The molecule has 0 aliphatic carbocycles. The molecular formula is C20H20PbS-. The summed E-state index contributed by atoms with van der Waals surface area (Å²) in [4.78, 5) is 0. The summed E-state index contributed by atoms with van der Waals surface area (Å²) >= 11 is 2.22. The molecule has 2 heteroatoms. The Kier molecular flexibility index (Phi) is 7.74. The van der Waals surface area contributed by atoms with Gasteiger partial charge in [-0.2, -0.15) is 5.75 Å². The minimum absolute atomic E-state index is 0.833. The van der Waals surface area contributed by atoms with Gasteiger partial charge in [0.1, 0.15) is 0 Å². The Hall–Kier alpha value is -1.07. The molecule has 0 saturated carbocycles. The summed E-state index contributed by atoms with van der Waals surface area (Å²) in [5.74, 6) is 0.833. The summed E-state index contributed by atoms with van der Waals surface area (Å²) in [7, 11) is 0. The molecule has 0 bridgehead atoms. The first-order valence-corrected chi connectivity index (χ1v) is 13.9. The second kappa shape index (κ2) is 9.85. The zero-order valence-corrected chi connectivity index (χ0v) is 17.5. The quantitative estimate of drug-likeness (QED) is 0.395. The predicted molar refractivity (Wildman–Crippen MR) is 102 cm³/mol. The molecule has 0 saturated heterocycles. The van der Waals surface area contributed by atoms with Crippen LogP contribution < -0.4 is 9.37 Å². The van der Waals surface area contributed by atoms with Crippen LogP contribution in [0.15, 0.2) is 91.0 Å². The second-order valence-electron chi connectivity index (χ2n) is 4.76. The normalized spacial score (nSPS) is 9.95. The zero-order valence-electron chi connectivity index (χ0n) is 12.8. The average Bonchev–Trinajstić information content (AvgIpc) is 2.59. The molecule has 0 amide bonds. The molecule has 0 atom stereocenters. The van der Waals surface area contributed by atoms with Gasteiger partial charge in [0.25, 0.3) is 0 Å². The van der Waals surface area contributed by atoms with Crippen molar-refractivity contribution in [2.24, 2.45) is 0 Å². The first kappa shape index (κ1) is 17.3. The summed E-state index contributed by atoms with van der Waals surface area (Å²) in [6.07, 6.45) is 0. The van der Waals surface area contributed by atoms with Crippen LogP contribution in [0.2, 0.25) is 0 Å². The molecule has 3 rings (SSSR count). The Balaban J connectivity index is 0.000000545. The molecule has 0 spiro atoms. The number of benzene rings is 3. The van der Waals surface area contributed by atoms with Crippen LogP contribution in [-0.2, 0) is 12.6 Å². The molecule has 111 valence electrons. The van der Waals surface area contributed by atoms with Gasteiger partial charge in [-0.25, -0.2) is 0 Å². The molecular weight excluding hydrogens is 479 g/mol. The summed E-state index contributed by atoms with van der Waals surface area (Å²) in [6.45, 7) is 1.94. The molecule has 0 N–H and O–H groups in total. The SMILES string of the molecule is CC[S-].c1cc[c]([Pb]([c]2ccccc2)[c]2ccccc2)cc1. The molecule has 0 aliphatic rings. The van der Waals surface area contributed by atoms with Crippen molar-refractivity contribution in [3.8, 4) is 0 Å². The van der Waals surface area contributed by atoms with E-state index in [0.29, 0.717) is 0 Å². The van der Waals surface area contributed by atoms with Crippen molar-refractivity contribution in [2.75, 3.05) is 5.75 Å². The van der Waals surface area contributed by atoms with Crippen LogP contribution in [0.1, 0.15) is 6.92 Å². The van der Waals surface area contributed by atoms with Crippen LogP contribution in [0.5, 0.6) is 0 Å². The van der Waals surface area contributed by atoms with Crippen molar-refractivity contribution in [1.82, 2.24) is 0 Å². The molecule has 0 aliphatic heterocycles. The fourth-order valence-electron chi connectivity index (χ4n) is 2.31. The van der Waals surface area contributed by atoms with Crippen LogP contribution in [-0.4, -0.2) is 28.5 Å². The van der Waals surface area contributed by atoms with Gasteiger partial charge in [0.2, 0.25) is 0 Å². The van der Waals surface area contributed by atoms with E-state index in [-0.39, 0.29) is 0 Å². The monoisotopic (exact) mass is 500 g/mol. The number of hydrogen-bond donors (Lipinski definition) is 0. The van der Waals surface area contributed by atoms with Gasteiger partial charge in [0, 0.05) is 0 Å². The minimum atomic E-state index is -2.17.